The fourth-order valence-electron chi connectivity index (χ4n) is 2.63. The number of nitrogens with one attached hydrogen (secondary N) is 1. The molecular formula is C16H24ClNS. The minimum atomic E-state index is 0.563. The van der Waals surface area contributed by atoms with Gasteiger partial charge in [-0.05, 0) is 44.0 Å². The third-order valence-electron chi connectivity index (χ3n) is 3.89. The lowest BCUT2D eigenvalue weighted by molar-refractivity contribution is 0.514. The maximum atomic E-state index is 5.93. The molecule has 0 bridgehead atoms. The van der Waals surface area contributed by atoms with Crippen LogP contribution in [0, 0.1) is 0 Å². The summed E-state index contributed by atoms with van der Waals surface area (Å²) in [6.45, 7) is 0. The van der Waals surface area contributed by atoms with Crippen molar-refractivity contribution in [1.29, 1.82) is 0 Å². The van der Waals surface area contributed by atoms with Gasteiger partial charge in [-0.1, -0.05) is 43.0 Å². The van der Waals surface area contributed by atoms with Crippen molar-refractivity contribution in [1.82, 2.24) is 5.32 Å². The van der Waals surface area contributed by atoms with Gasteiger partial charge in [-0.3, -0.25) is 0 Å². The lowest BCUT2D eigenvalue weighted by atomic mass is 10.0. The van der Waals surface area contributed by atoms with Crippen LogP contribution in [0.4, 0.5) is 0 Å². The van der Waals surface area contributed by atoms with Gasteiger partial charge in [-0.15, -0.1) is 0 Å². The second-order valence-corrected chi connectivity index (χ2v) is 7.18. The highest BCUT2D eigenvalue weighted by Crippen LogP contribution is 2.28. The molecule has 0 aromatic heterocycles. The lowest BCUT2D eigenvalue weighted by Crippen LogP contribution is -2.31. The van der Waals surface area contributed by atoms with E-state index < -0.39 is 0 Å². The molecule has 0 amide bonds. The molecule has 0 aliphatic heterocycles. The van der Waals surface area contributed by atoms with Gasteiger partial charge in [0.2, 0.25) is 0 Å². The lowest BCUT2D eigenvalue weighted by Gasteiger charge is -2.24. The summed E-state index contributed by atoms with van der Waals surface area (Å²) in [5, 5.41) is 5.17. The summed E-state index contributed by atoms with van der Waals surface area (Å²) < 4.78 is 0. The van der Waals surface area contributed by atoms with E-state index in [0.717, 1.165) is 16.7 Å². The molecule has 0 heterocycles. The third kappa shape index (κ3) is 5.37. The molecule has 0 spiro atoms. The van der Waals surface area contributed by atoms with Gasteiger partial charge in [0, 0.05) is 22.1 Å². The van der Waals surface area contributed by atoms with Crippen molar-refractivity contribution in [3.63, 3.8) is 0 Å². The average Bonchev–Trinajstić information content (AvgIpc) is 2.46. The predicted octanol–water partition coefficient (Wildman–Crippen LogP) is 4.54. The maximum Gasteiger partial charge on any atom is 0.0406 e. The summed E-state index contributed by atoms with van der Waals surface area (Å²) in [6, 6.07) is 8.80. The minimum Gasteiger partial charge on any atom is -0.316 e. The molecule has 1 aromatic rings. The van der Waals surface area contributed by atoms with Crippen molar-refractivity contribution >= 4 is 23.4 Å². The number of rotatable bonds is 6. The summed E-state index contributed by atoms with van der Waals surface area (Å²) in [4.78, 5) is 0. The van der Waals surface area contributed by atoms with Gasteiger partial charge in [-0.25, -0.2) is 0 Å². The highest BCUT2D eigenvalue weighted by molar-refractivity contribution is 7.99. The Morgan fingerprint density at radius 2 is 1.89 bits per heavy atom. The Labute approximate surface area is 126 Å². The van der Waals surface area contributed by atoms with Crippen LogP contribution < -0.4 is 5.32 Å². The molecule has 0 radical (unpaired) electrons. The summed E-state index contributed by atoms with van der Waals surface area (Å²) >= 11 is 8.09. The molecule has 1 saturated carbocycles. The van der Waals surface area contributed by atoms with Crippen LogP contribution in [0.2, 0.25) is 5.02 Å². The fourth-order valence-corrected chi connectivity index (χ4v) is 4.22. The first-order chi connectivity index (χ1) is 9.28. The number of benzene rings is 1. The number of hydrogen-bond acceptors (Lipinski definition) is 2. The minimum absolute atomic E-state index is 0.563. The van der Waals surface area contributed by atoms with Gasteiger partial charge in [0.15, 0.2) is 0 Å². The first kappa shape index (κ1) is 15.2. The van der Waals surface area contributed by atoms with E-state index in [4.69, 9.17) is 11.6 Å². The predicted molar refractivity (Wildman–Crippen MR) is 87.3 cm³/mol. The largest absolute Gasteiger partial charge is 0.316 e. The first-order valence-electron chi connectivity index (χ1n) is 7.31. The Balaban J connectivity index is 1.77. The molecule has 1 unspecified atom stereocenters. The molecule has 0 saturated heterocycles. The molecule has 1 aromatic carbocycles. The van der Waals surface area contributed by atoms with Crippen molar-refractivity contribution in [2.75, 3.05) is 12.8 Å². The monoisotopic (exact) mass is 297 g/mol. The third-order valence-corrected chi connectivity index (χ3v) is 5.68. The van der Waals surface area contributed by atoms with E-state index in [2.05, 4.69) is 36.3 Å². The van der Waals surface area contributed by atoms with Gasteiger partial charge in [-0.2, -0.15) is 11.8 Å². The number of hydrogen-bond donors (Lipinski definition) is 1. The van der Waals surface area contributed by atoms with Crippen LogP contribution in [-0.4, -0.2) is 24.1 Å². The molecule has 106 valence electrons. The van der Waals surface area contributed by atoms with Crippen LogP contribution >= 0.6 is 23.4 Å². The summed E-state index contributed by atoms with van der Waals surface area (Å²) in [5.74, 6) is 1.21. The number of thioether (sulfide) groups is 1. The topological polar surface area (TPSA) is 12.0 Å². The average molecular weight is 298 g/mol. The van der Waals surface area contributed by atoms with E-state index in [9.17, 15) is 0 Å². The van der Waals surface area contributed by atoms with E-state index in [-0.39, 0.29) is 0 Å². The van der Waals surface area contributed by atoms with Gasteiger partial charge in [0.25, 0.3) is 0 Å². The van der Waals surface area contributed by atoms with E-state index in [0.29, 0.717) is 6.04 Å². The normalized spacial score (nSPS) is 18.4. The maximum absolute atomic E-state index is 5.93. The SMILES string of the molecule is CNC(CSC1CCCCC1)Cc1ccc(Cl)cc1. The summed E-state index contributed by atoms with van der Waals surface area (Å²) in [5.41, 5.74) is 1.37. The van der Waals surface area contributed by atoms with Crippen molar-refractivity contribution in [2.24, 2.45) is 0 Å². The Bertz CT molecular complexity index is 360. The van der Waals surface area contributed by atoms with Gasteiger partial charge < -0.3 is 5.32 Å². The first-order valence-corrected chi connectivity index (χ1v) is 8.74. The Morgan fingerprint density at radius 3 is 2.53 bits per heavy atom. The smallest absolute Gasteiger partial charge is 0.0406 e. The molecule has 1 fully saturated rings. The zero-order valence-corrected chi connectivity index (χ0v) is 13.3. The van der Waals surface area contributed by atoms with Crippen molar-refractivity contribution in [3.05, 3.63) is 34.9 Å². The van der Waals surface area contributed by atoms with Crippen LogP contribution in [0.15, 0.2) is 24.3 Å². The Hall–Kier alpha value is -0.180. The van der Waals surface area contributed by atoms with Gasteiger partial charge >= 0.3 is 0 Å². The van der Waals surface area contributed by atoms with Crippen LogP contribution in [0.25, 0.3) is 0 Å². The molecule has 1 aliphatic rings. The van der Waals surface area contributed by atoms with Crippen molar-refractivity contribution in [2.45, 2.75) is 49.8 Å². The molecule has 1 N–H and O–H groups in total. The van der Waals surface area contributed by atoms with Gasteiger partial charge in [0.05, 0.1) is 0 Å². The summed E-state index contributed by atoms with van der Waals surface area (Å²) in [6.07, 6.45) is 8.23. The Kier molecular flexibility index (Phi) is 6.55. The van der Waals surface area contributed by atoms with Crippen LogP contribution in [0.1, 0.15) is 37.7 Å². The van der Waals surface area contributed by atoms with E-state index >= 15 is 0 Å². The van der Waals surface area contributed by atoms with E-state index in [1.807, 2.05) is 12.1 Å². The second-order valence-electron chi connectivity index (χ2n) is 5.41. The standard InChI is InChI=1S/C16H24ClNS/c1-18-15(11-13-7-9-14(17)10-8-13)12-19-16-5-3-2-4-6-16/h7-10,15-16,18H,2-6,11-12H2,1H3. The van der Waals surface area contributed by atoms with Crippen LogP contribution in [0.3, 0.4) is 0 Å². The zero-order valence-electron chi connectivity index (χ0n) is 11.7. The number of halogens is 1. The molecular weight excluding hydrogens is 274 g/mol. The van der Waals surface area contributed by atoms with Crippen LogP contribution in [0.5, 0.6) is 0 Å². The number of likely N-dealkylation sites (N-methyl/N-ethyl adjacent to an activating group) is 1. The highest BCUT2D eigenvalue weighted by atomic mass is 35.5. The zero-order chi connectivity index (χ0) is 13.5. The molecule has 1 atom stereocenters. The van der Waals surface area contributed by atoms with Crippen molar-refractivity contribution in [3.8, 4) is 0 Å². The van der Waals surface area contributed by atoms with Gasteiger partial charge in [0.1, 0.15) is 0 Å². The van der Waals surface area contributed by atoms with Crippen molar-refractivity contribution < 1.29 is 0 Å². The van der Waals surface area contributed by atoms with E-state index in [1.165, 1.54) is 43.4 Å². The molecule has 19 heavy (non-hydrogen) atoms. The van der Waals surface area contributed by atoms with Crippen LogP contribution in [-0.2, 0) is 6.42 Å². The molecule has 1 nitrogen and oxygen atoms in total. The summed E-state index contributed by atoms with van der Waals surface area (Å²) in [7, 11) is 2.07. The second kappa shape index (κ2) is 8.18. The van der Waals surface area contributed by atoms with E-state index in [1.54, 1.807) is 0 Å². The fraction of sp³-hybridized carbons (Fsp3) is 0.625. The highest BCUT2D eigenvalue weighted by Gasteiger charge is 2.16. The molecule has 3 heteroatoms. The Morgan fingerprint density at radius 1 is 1.21 bits per heavy atom. The molecule has 2 rings (SSSR count). The quantitative estimate of drug-likeness (QED) is 0.827. The molecule has 1 aliphatic carbocycles.